The van der Waals surface area contributed by atoms with E-state index in [2.05, 4.69) is 34.6 Å². The normalized spacial score (nSPS) is 59.2. The monoisotopic (exact) mass is 798 g/mol. The second kappa shape index (κ2) is 13.5. The van der Waals surface area contributed by atoms with Crippen LogP contribution in [0.2, 0.25) is 0 Å². The molecule has 0 bridgehead atoms. The van der Waals surface area contributed by atoms with Crippen LogP contribution in [0.15, 0.2) is 0 Å². The molecule has 5 saturated carbocycles. The van der Waals surface area contributed by atoms with E-state index in [-0.39, 0.29) is 40.1 Å². The van der Waals surface area contributed by atoms with Crippen molar-refractivity contribution in [2.45, 2.75) is 210 Å². The quantitative estimate of drug-likeness (QED) is 0.165. The molecule has 3 saturated heterocycles. The minimum atomic E-state index is -1.66. The first-order valence-corrected chi connectivity index (χ1v) is 21.3. The van der Waals surface area contributed by atoms with Crippen LogP contribution in [0.4, 0.5) is 0 Å². The van der Waals surface area contributed by atoms with Crippen molar-refractivity contribution in [3.63, 3.8) is 0 Å². The van der Waals surface area contributed by atoms with E-state index >= 15 is 0 Å². The van der Waals surface area contributed by atoms with E-state index in [1.54, 1.807) is 13.8 Å². The maximum atomic E-state index is 12.6. The third kappa shape index (κ3) is 5.71. The van der Waals surface area contributed by atoms with Crippen LogP contribution in [0.25, 0.3) is 0 Å². The highest BCUT2D eigenvalue weighted by Crippen LogP contribution is 2.89. The number of fused-ring (bicyclic) bond motifs is 2. The van der Waals surface area contributed by atoms with Gasteiger partial charge in [-0.05, 0) is 119 Å². The van der Waals surface area contributed by atoms with Crippen molar-refractivity contribution in [3.8, 4) is 0 Å². The summed E-state index contributed by atoms with van der Waals surface area (Å²) in [6.07, 6.45) is -8.74. The smallest absolute Gasteiger partial charge is 0.187 e. The zero-order valence-corrected chi connectivity index (χ0v) is 34.5. The van der Waals surface area contributed by atoms with Crippen molar-refractivity contribution in [2.24, 2.45) is 44.8 Å². The summed E-state index contributed by atoms with van der Waals surface area (Å²) < 4.78 is 30.6. The molecule has 8 fully saturated rings. The Labute approximate surface area is 330 Å². The van der Waals surface area contributed by atoms with Crippen molar-refractivity contribution in [2.75, 3.05) is 6.61 Å². The van der Waals surface area contributed by atoms with E-state index in [0.29, 0.717) is 12.8 Å². The molecule has 3 aliphatic heterocycles. The fraction of sp³-hybridized carbons (Fsp3) is 1.00. The molecule has 22 atom stereocenters. The minimum Gasteiger partial charge on any atom is -0.394 e. The van der Waals surface area contributed by atoms with Crippen LogP contribution >= 0.6 is 0 Å². The molecule has 0 aromatic carbocycles. The van der Waals surface area contributed by atoms with Gasteiger partial charge in [0.2, 0.25) is 0 Å². The Kier molecular flexibility index (Phi) is 10.1. The van der Waals surface area contributed by atoms with Gasteiger partial charge >= 0.3 is 0 Å². The average molecular weight is 799 g/mol. The van der Waals surface area contributed by atoms with E-state index < -0.39 is 108 Å². The number of aliphatic hydroxyl groups excluding tert-OH is 8. The maximum absolute atomic E-state index is 12.6. The van der Waals surface area contributed by atoms with Crippen LogP contribution in [-0.2, 0) is 23.7 Å². The molecule has 2 spiro atoms. The molecule has 5 aliphatic carbocycles. The summed E-state index contributed by atoms with van der Waals surface area (Å²) in [5.74, 6) is -0.0960. The molecule has 56 heavy (non-hydrogen) atoms. The lowest BCUT2D eigenvalue weighted by molar-refractivity contribution is -0.366. The zero-order chi connectivity index (χ0) is 40.9. The Morgan fingerprint density at radius 3 is 2.05 bits per heavy atom. The molecular formula is C42H70O14. The van der Waals surface area contributed by atoms with Gasteiger partial charge in [-0.25, -0.2) is 0 Å². The van der Waals surface area contributed by atoms with Crippen LogP contribution in [0.1, 0.15) is 113 Å². The standard InChI is InChI=1S/C42H70O14/c1-19-26(45)27(46)29(48)34(52-19)55-31-22(17-43)53-35(30(49)28(31)47)54-24-10-12-42-18-41(42)14-13-38(6)16-20(39(7)11-9-25(56-39)37(4,5)51)33(50)40(38,8)23(41)15-21(44)32(42)36(24,2)3/h19-35,43-51H,9-18H2,1-8H3/t19-,20+,21-,22+,23-,24-,25-,26-,27+,28+,29+,30+,31+,32-,33+,34-,35-,38+,39+,40+,41-,42+/m0/s1. The second-order valence-corrected chi connectivity index (χ2v) is 21.5. The molecule has 0 unspecified atom stereocenters. The summed E-state index contributed by atoms with van der Waals surface area (Å²) in [7, 11) is 0. The summed E-state index contributed by atoms with van der Waals surface area (Å²) in [4.78, 5) is 0. The highest BCUT2D eigenvalue weighted by molar-refractivity contribution is 5.33. The topological polar surface area (TPSA) is 228 Å². The van der Waals surface area contributed by atoms with E-state index in [9.17, 15) is 46.0 Å². The summed E-state index contributed by atoms with van der Waals surface area (Å²) in [6.45, 7) is 15.4. The fourth-order valence-electron chi connectivity index (χ4n) is 14.7. The van der Waals surface area contributed by atoms with Gasteiger partial charge in [-0.1, -0.05) is 27.7 Å². The predicted octanol–water partition coefficient (Wildman–Crippen LogP) is 1.11. The van der Waals surface area contributed by atoms with Crippen LogP contribution < -0.4 is 0 Å². The predicted molar refractivity (Wildman–Crippen MR) is 198 cm³/mol. The zero-order valence-electron chi connectivity index (χ0n) is 34.5. The molecule has 0 radical (unpaired) electrons. The molecule has 0 aromatic rings. The average Bonchev–Trinajstić information content (AvgIpc) is 3.48. The van der Waals surface area contributed by atoms with Gasteiger partial charge in [0.05, 0.1) is 48.3 Å². The van der Waals surface area contributed by atoms with Gasteiger partial charge in [0.25, 0.3) is 0 Å². The Morgan fingerprint density at radius 2 is 1.41 bits per heavy atom. The van der Waals surface area contributed by atoms with Crippen LogP contribution in [0, 0.1) is 44.8 Å². The van der Waals surface area contributed by atoms with Crippen LogP contribution in [0.3, 0.4) is 0 Å². The molecule has 14 heteroatoms. The molecule has 9 N–H and O–H groups in total. The van der Waals surface area contributed by atoms with Crippen molar-refractivity contribution in [3.05, 3.63) is 0 Å². The third-order valence-electron chi connectivity index (χ3n) is 18.0. The minimum absolute atomic E-state index is 0.0349. The van der Waals surface area contributed by atoms with E-state index in [0.717, 1.165) is 44.9 Å². The Morgan fingerprint density at radius 1 is 0.750 bits per heavy atom. The maximum Gasteiger partial charge on any atom is 0.187 e. The first-order valence-electron chi connectivity index (χ1n) is 21.3. The molecule has 322 valence electrons. The first kappa shape index (κ1) is 42.1. The van der Waals surface area contributed by atoms with Crippen molar-refractivity contribution >= 4 is 0 Å². The van der Waals surface area contributed by atoms with Gasteiger partial charge in [-0.15, -0.1) is 0 Å². The summed E-state index contributed by atoms with van der Waals surface area (Å²) in [5.41, 5.74) is -2.85. The van der Waals surface area contributed by atoms with Gasteiger partial charge in [0.15, 0.2) is 12.6 Å². The summed E-state index contributed by atoms with van der Waals surface area (Å²) in [6, 6.07) is 0. The first-order chi connectivity index (χ1) is 25.9. The Balaban J connectivity index is 0.987. The molecule has 3 heterocycles. The fourth-order valence-corrected chi connectivity index (χ4v) is 14.7. The van der Waals surface area contributed by atoms with E-state index in [4.69, 9.17) is 23.7 Å². The number of hydrogen-bond donors (Lipinski definition) is 9. The third-order valence-corrected chi connectivity index (χ3v) is 18.0. The molecule has 0 amide bonds. The number of rotatable bonds is 7. The van der Waals surface area contributed by atoms with Gasteiger partial charge in [0.1, 0.15) is 42.7 Å². The summed E-state index contributed by atoms with van der Waals surface area (Å²) >= 11 is 0. The second-order valence-electron chi connectivity index (χ2n) is 21.5. The molecular weight excluding hydrogens is 728 g/mol. The number of hydrogen-bond acceptors (Lipinski definition) is 14. The number of ether oxygens (including phenoxy) is 5. The van der Waals surface area contributed by atoms with E-state index in [1.165, 1.54) is 6.92 Å². The largest absolute Gasteiger partial charge is 0.394 e. The van der Waals surface area contributed by atoms with Crippen LogP contribution in [-0.4, -0.2) is 150 Å². The van der Waals surface area contributed by atoms with Crippen molar-refractivity contribution in [1.29, 1.82) is 0 Å². The van der Waals surface area contributed by atoms with Crippen molar-refractivity contribution < 1.29 is 69.6 Å². The Bertz CT molecular complexity index is 1490. The SMILES string of the molecule is C[C@@H]1O[C@@H](O[C@H]2[C@H](O)[C@@H](O)[C@H](O[C@H]3CC[C@]45C[C@]46CC[C@]4(C)C[C@@H]([C@@]7(C)CC[C@@H](C(C)(C)O)O7)[C@@H](O)[C@@]4(C)[C@@H]6C[C@H](O)[C@H]5C3(C)C)O[C@@H]2CO)[C@H](O)[C@H](O)[C@H]1O. The molecule has 8 aliphatic rings. The lowest BCUT2D eigenvalue weighted by Gasteiger charge is -2.64. The van der Waals surface area contributed by atoms with Gasteiger partial charge in [-0.2, -0.15) is 0 Å². The van der Waals surface area contributed by atoms with Gasteiger partial charge in [-0.3, -0.25) is 0 Å². The lowest BCUT2D eigenvalue weighted by atomic mass is 9.42. The van der Waals surface area contributed by atoms with Crippen LogP contribution in [0.5, 0.6) is 0 Å². The van der Waals surface area contributed by atoms with E-state index in [1.807, 2.05) is 0 Å². The van der Waals surface area contributed by atoms with Gasteiger partial charge < -0.3 is 69.6 Å². The number of aliphatic hydroxyl groups is 9. The highest BCUT2D eigenvalue weighted by Gasteiger charge is 2.85. The molecule has 0 aromatic heterocycles. The molecule has 14 nitrogen and oxygen atoms in total. The highest BCUT2D eigenvalue weighted by atomic mass is 16.7. The summed E-state index contributed by atoms with van der Waals surface area (Å²) in [5, 5.41) is 99.6. The lowest BCUT2D eigenvalue weighted by Crippen LogP contribution is -2.65. The molecule has 8 rings (SSSR count). The van der Waals surface area contributed by atoms with Gasteiger partial charge in [0, 0.05) is 11.3 Å². The van der Waals surface area contributed by atoms with Crippen molar-refractivity contribution in [1.82, 2.24) is 0 Å². The Hall–Kier alpha value is -0.560.